The molecular formula is C74H84BN3O. The van der Waals surface area contributed by atoms with Gasteiger partial charge < -0.3 is 19.1 Å². The van der Waals surface area contributed by atoms with Gasteiger partial charge in [0.15, 0.2) is 0 Å². The first-order valence-corrected chi connectivity index (χ1v) is 30.1. The zero-order valence-corrected chi connectivity index (χ0v) is 50.3. The van der Waals surface area contributed by atoms with Gasteiger partial charge >= 0.3 is 0 Å². The Labute approximate surface area is 477 Å². The second-order valence-electron chi connectivity index (χ2n) is 30.2. The molecule has 2 saturated carbocycles. The van der Waals surface area contributed by atoms with Gasteiger partial charge in [0.25, 0.3) is 6.71 Å². The summed E-state index contributed by atoms with van der Waals surface area (Å²) in [4.78, 5) is 8.04. The summed E-state index contributed by atoms with van der Waals surface area (Å²) < 4.78 is 37.7. The van der Waals surface area contributed by atoms with Crippen molar-refractivity contribution in [2.45, 2.75) is 206 Å². The highest BCUT2D eigenvalue weighted by molar-refractivity contribution is 7.02. The van der Waals surface area contributed by atoms with Crippen LogP contribution in [0.2, 0.25) is 0 Å². The van der Waals surface area contributed by atoms with Crippen LogP contribution in [-0.4, -0.2) is 17.8 Å². The van der Waals surface area contributed by atoms with E-state index < -0.39 is 16.4 Å². The van der Waals surface area contributed by atoms with Crippen LogP contribution in [-0.2, 0) is 32.5 Å². The van der Waals surface area contributed by atoms with Crippen molar-refractivity contribution in [1.29, 1.82) is 0 Å². The first kappa shape index (κ1) is 47.6. The second kappa shape index (κ2) is 16.3. The molecule has 0 N–H and O–H groups in total. The molecule has 8 aromatic rings. The summed E-state index contributed by atoms with van der Waals surface area (Å²) in [5.74, 6) is 0. The Bertz CT molecular complexity index is 4070. The van der Waals surface area contributed by atoms with Gasteiger partial charge in [-0.05, 0) is 171 Å². The molecule has 0 spiro atoms. The van der Waals surface area contributed by atoms with Crippen molar-refractivity contribution in [3.8, 4) is 11.1 Å². The summed E-state index contributed by atoms with van der Waals surface area (Å²) in [7, 11) is 0. The number of hydrogen-bond donors (Lipinski definition) is 0. The first-order valence-electron chi connectivity index (χ1n) is 31.6. The zero-order valence-electron chi connectivity index (χ0n) is 53.3. The standard InChI is InChI=1S/C74H84BN3O/c1-67(2,3)46-26-29-56(51(38-46)45-24-18-17-19-25-45)76-58-31-33-62-63(52-39-47(68(4,5)6)28-32-61(52)79-62)65(58)75-55-42-49(70(10,11)12)41-54-66(55)78(74(16)37-23-21-35-72(54,74)14)60-44-50(43-59(76)64(60)75)77-57-30-27-48(69(7,8)9)40-53(57)71(13)34-20-22-36-73(71,77)15/h17-19,24-33,38-44H,20-23,34-37H2,1-16H3/i27D,30D,40D. The number of hydrogen-bond acceptors (Lipinski definition) is 4. The summed E-state index contributed by atoms with van der Waals surface area (Å²) in [5.41, 5.74) is 20.7. The average Bonchev–Trinajstić information content (AvgIpc) is 1.59. The largest absolute Gasteiger partial charge is 0.456 e. The molecule has 5 heterocycles. The van der Waals surface area contributed by atoms with Crippen molar-refractivity contribution in [2.75, 3.05) is 14.7 Å². The number of fused-ring (bicyclic) bond motifs is 14. The molecule has 1 aromatic heterocycles. The Kier molecular flexibility index (Phi) is 9.80. The predicted octanol–water partition coefficient (Wildman–Crippen LogP) is 18.5. The minimum Gasteiger partial charge on any atom is -0.456 e. The van der Waals surface area contributed by atoms with E-state index in [1.165, 1.54) is 67.4 Å². The molecule has 4 nitrogen and oxygen atoms in total. The van der Waals surface area contributed by atoms with Crippen LogP contribution in [0.15, 0.2) is 126 Å². The third kappa shape index (κ3) is 6.86. The molecule has 4 atom stereocenters. The Morgan fingerprint density at radius 2 is 1.08 bits per heavy atom. The Hall–Kier alpha value is -6.20. The van der Waals surface area contributed by atoms with Crippen LogP contribution < -0.4 is 31.1 Å². The minimum absolute atomic E-state index is 0.0868. The van der Waals surface area contributed by atoms with Crippen LogP contribution >= 0.6 is 0 Å². The highest BCUT2D eigenvalue weighted by Crippen LogP contribution is 2.65. The van der Waals surface area contributed by atoms with Gasteiger partial charge in [-0.2, -0.15) is 0 Å². The number of anilines is 7. The van der Waals surface area contributed by atoms with E-state index in [0.717, 1.165) is 101 Å². The Morgan fingerprint density at radius 3 is 1.75 bits per heavy atom. The molecule has 4 unspecified atom stereocenters. The van der Waals surface area contributed by atoms with Crippen LogP contribution in [0.3, 0.4) is 0 Å². The summed E-state index contributed by atoms with van der Waals surface area (Å²) in [6, 6.07) is 40.9. The fraction of sp³-hybridized carbons (Fsp3) is 0.432. The monoisotopic (exact) mass is 1040 g/mol. The molecule has 7 aromatic carbocycles. The van der Waals surface area contributed by atoms with E-state index in [9.17, 15) is 4.11 Å². The topological polar surface area (TPSA) is 22.9 Å². The Morgan fingerprint density at radius 1 is 0.494 bits per heavy atom. The maximum absolute atomic E-state index is 10.4. The van der Waals surface area contributed by atoms with E-state index in [0.29, 0.717) is 11.6 Å². The first-order chi connectivity index (χ1) is 38.4. The molecule has 0 amide bonds. The van der Waals surface area contributed by atoms with Crippen molar-refractivity contribution in [3.05, 3.63) is 155 Å². The lowest BCUT2D eigenvalue weighted by Gasteiger charge is -2.54. The fourth-order valence-electron chi connectivity index (χ4n) is 16.3. The molecule has 0 saturated heterocycles. The summed E-state index contributed by atoms with van der Waals surface area (Å²) >= 11 is 0. The average molecular weight is 1050 g/mol. The third-order valence-corrected chi connectivity index (χ3v) is 21.4. The normalized spacial score (nSPS) is 24.7. The second-order valence-corrected chi connectivity index (χ2v) is 30.2. The van der Waals surface area contributed by atoms with Gasteiger partial charge in [-0.15, -0.1) is 0 Å². The zero-order chi connectivity index (χ0) is 58.1. The number of nitrogens with zero attached hydrogens (tertiary/aromatic N) is 3. The fourth-order valence-corrected chi connectivity index (χ4v) is 16.3. The molecule has 0 bridgehead atoms. The lowest BCUT2D eigenvalue weighted by molar-refractivity contribution is 0.194. The van der Waals surface area contributed by atoms with Crippen molar-refractivity contribution in [3.63, 3.8) is 0 Å². The molecule has 2 aliphatic carbocycles. The van der Waals surface area contributed by atoms with E-state index in [1.807, 2.05) is 0 Å². The maximum Gasteiger partial charge on any atom is 0.253 e. The maximum atomic E-state index is 10.4. The smallest absolute Gasteiger partial charge is 0.253 e. The Balaban J connectivity index is 1.19. The highest BCUT2D eigenvalue weighted by atomic mass is 16.3. The van der Waals surface area contributed by atoms with E-state index in [1.54, 1.807) is 0 Å². The van der Waals surface area contributed by atoms with Gasteiger partial charge in [0.2, 0.25) is 0 Å². The molecule has 6 aliphatic rings. The van der Waals surface area contributed by atoms with Crippen LogP contribution in [0.4, 0.5) is 39.8 Å². The van der Waals surface area contributed by atoms with Crippen molar-refractivity contribution in [1.82, 2.24) is 0 Å². The summed E-state index contributed by atoms with van der Waals surface area (Å²) in [5, 5.41) is 2.33. The van der Waals surface area contributed by atoms with E-state index in [2.05, 4.69) is 229 Å². The molecule has 2 fully saturated rings. The molecule has 79 heavy (non-hydrogen) atoms. The molecular weight excluding hydrogens is 958 g/mol. The van der Waals surface area contributed by atoms with Gasteiger partial charge in [0, 0.05) is 61.3 Å². The van der Waals surface area contributed by atoms with E-state index >= 15 is 0 Å². The van der Waals surface area contributed by atoms with Crippen LogP contribution in [0, 0.1) is 0 Å². The number of furan rings is 1. The van der Waals surface area contributed by atoms with Gasteiger partial charge in [0.1, 0.15) is 11.2 Å². The molecule has 404 valence electrons. The van der Waals surface area contributed by atoms with Gasteiger partial charge in [0.05, 0.1) is 20.9 Å². The highest BCUT2D eigenvalue weighted by Gasteiger charge is 2.63. The van der Waals surface area contributed by atoms with Crippen molar-refractivity contribution in [2.24, 2.45) is 0 Å². The van der Waals surface area contributed by atoms with Crippen LogP contribution in [0.5, 0.6) is 0 Å². The van der Waals surface area contributed by atoms with E-state index in [4.69, 9.17) is 4.42 Å². The third-order valence-electron chi connectivity index (χ3n) is 21.4. The molecule has 5 heteroatoms. The van der Waals surface area contributed by atoms with Crippen molar-refractivity contribution < 1.29 is 8.53 Å². The van der Waals surface area contributed by atoms with Crippen molar-refractivity contribution >= 4 is 84.9 Å². The molecule has 14 rings (SSSR count). The SMILES string of the molecule is [2H]c1c([2H])c(C(C)(C)C)c([2H])c2c1N(c1cc3c4c(c1)N1c5c(cc(C(C)(C)C)cc5C5(C)CCCCC15C)B4c1c(ccc4oc5ccc(C(C)(C)C)cc5c14)N3c1ccc(C(C)(C)C)cc1-c1ccccc1)C1(C)CCCCC21C. The van der Waals surface area contributed by atoms with Crippen LogP contribution in [0.25, 0.3) is 33.1 Å². The molecule has 4 aliphatic heterocycles. The van der Waals surface area contributed by atoms with Gasteiger partial charge in [-0.1, -0.05) is 189 Å². The summed E-state index contributed by atoms with van der Waals surface area (Å²) in [6.07, 6.45) is 8.45. The molecule has 0 radical (unpaired) electrons. The lowest BCUT2D eigenvalue weighted by Crippen LogP contribution is -2.65. The quantitative estimate of drug-likeness (QED) is 0.165. The minimum atomic E-state index is -0.496. The lowest BCUT2D eigenvalue weighted by atomic mass is 9.32. The summed E-state index contributed by atoms with van der Waals surface area (Å²) in [6.45, 7) is 37.3. The van der Waals surface area contributed by atoms with Gasteiger partial charge in [-0.25, -0.2) is 0 Å². The van der Waals surface area contributed by atoms with Gasteiger partial charge in [-0.3, -0.25) is 0 Å². The van der Waals surface area contributed by atoms with E-state index in [-0.39, 0.29) is 46.0 Å². The number of benzene rings is 7. The number of rotatable bonds is 3. The predicted molar refractivity (Wildman–Crippen MR) is 339 cm³/mol. The van der Waals surface area contributed by atoms with Crippen LogP contribution in [0.1, 0.15) is 200 Å².